The van der Waals surface area contributed by atoms with Gasteiger partial charge in [0.05, 0.1) is 18.7 Å². The van der Waals surface area contributed by atoms with Crippen LogP contribution in [0.5, 0.6) is 0 Å². The van der Waals surface area contributed by atoms with Crippen LogP contribution in [0.3, 0.4) is 0 Å². The van der Waals surface area contributed by atoms with Crippen molar-refractivity contribution in [1.29, 1.82) is 10.5 Å². The molecule has 0 spiro atoms. The highest BCUT2D eigenvalue weighted by molar-refractivity contribution is 5.98. The number of hydrogen-bond acceptors (Lipinski definition) is 5. The number of rotatable bonds is 4. The fraction of sp³-hybridized carbons (Fsp3) is 0.105. The second-order valence-corrected chi connectivity index (χ2v) is 5.41. The maximum atomic E-state index is 9.60. The Kier molecular flexibility index (Phi) is 4.47. The third-order valence-electron chi connectivity index (χ3n) is 3.91. The Labute approximate surface area is 144 Å². The van der Waals surface area contributed by atoms with Gasteiger partial charge in [-0.2, -0.15) is 15.6 Å². The standard InChI is InChI=1S/C19H15N5O/c20-11-15(18-17(12-21)19(22)24(23-18)8-9-25)10-14-6-3-5-13-4-1-2-7-16(13)14/h1-7,10,25H,8-9,22H2. The van der Waals surface area contributed by atoms with Crippen LogP contribution in [0.4, 0.5) is 5.82 Å². The van der Waals surface area contributed by atoms with E-state index in [-0.39, 0.29) is 35.8 Å². The number of aliphatic hydroxyl groups excluding tert-OH is 1. The van der Waals surface area contributed by atoms with E-state index in [1.165, 1.54) is 4.68 Å². The summed E-state index contributed by atoms with van der Waals surface area (Å²) in [6.45, 7) is -0.00139. The molecule has 0 amide bonds. The highest BCUT2D eigenvalue weighted by Gasteiger charge is 2.19. The number of fused-ring (bicyclic) bond motifs is 1. The Morgan fingerprint density at radius 2 is 1.96 bits per heavy atom. The van der Waals surface area contributed by atoms with E-state index in [4.69, 9.17) is 10.8 Å². The first-order valence-electron chi connectivity index (χ1n) is 7.66. The number of hydrogen-bond donors (Lipinski definition) is 2. The number of nitriles is 2. The predicted octanol–water partition coefficient (Wildman–Crippen LogP) is 2.55. The van der Waals surface area contributed by atoms with Gasteiger partial charge in [0.25, 0.3) is 0 Å². The van der Waals surface area contributed by atoms with Crippen LogP contribution in [0.15, 0.2) is 42.5 Å². The molecule has 3 aromatic rings. The third-order valence-corrected chi connectivity index (χ3v) is 3.91. The minimum absolute atomic E-state index is 0.140. The molecule has 1 heterocycles. The van der Waals surface area contributed by atoms with Crippen molar-refractivity contribution in [3.63, 3.8) is 0 Å². The molecule has 0 atom stereocenters. The average molecular weight is 329 g/mol. The molecule has 2 aromatic carbocycles. The van der Waals surface area contributed by atoms with Crippen molar-refractivity contribution in [2.45, 2.75) is 6.54 Å². The fourth-order valence-corrected chi connectivity index (χ4v) is 2.72. The second-order valence-electron chi connectivity index (χ2n) is 5.41. The quantitative estimate of drug-likeness (QED) is 0.714. The molecule has 0 fully saturated rings. The Morgan fingerprint density at radius 3 is 2.68 bits per heavy atom. The van der Waals surface area contributed by atoms with Crippen LogP contribution in [0.2, 0.25) is 0 Å². The molecular formula is C19H15N5O. The molecule has 0 bridgehead atoms. The molecule has 0 saturated carbocycles. The first-order valence-corrected chi connectivity index (χ1v) is 7.66. The van der Waals surface area contributed by atoms with Gasteiger partial charge >= 0.3 is 0 Å². The summed E-state index contributed by atoms with van der Waals surface area (Å²) in [7, 11) is 0. The van der Waals surface area contributed by atoms with E-state index in [2.05, 4.69) is 11.2 Å². The second kappa shape index (κ2) is 6.88. The van der Waals surface area contributed by atoms with E-state index >= 15 is 0 Å². The SMILES string of the molecule is N#CC(=Cc1cccc2ccccc12)c1nn(CCO)c(N)c1C#N. The van der Waals surface area contributed by atoms with Crippen molar-refractivity contribution in [3.05, 3.63) is 59.3 Å². The number of aromatic nitrogens is 2. The summed E-state index contributed by atoms with van der Waals surface area (Å²) in [5.74, 6) is 0.144. The van der Waals surface area contributed by atoms with Crippen molar-refractivity contribution in [3.8, 4) is 12.1 Å². The van der Waals surface area contributed by atoms with Crippen LogP contribution in [-0.4, -0.2) is 21.5 Å². The maximum Gasteiger partial charge on any atom is 0.140 e. The largest absolute Gasteiger partial charge is 0.394 e. The van der Waals surface area contributed by atoms with Gasteiger partial charge in [-0.05, 0) is 22.4 Å². The van der Waals surface area contributed by atoms with Crippen LogP contribution in [-0.2, 0) is 6.54 Å². The zero-order valence-electron chi connectivity index (χ0n) is 13.3. The Bertz CT molecular complexity index is 1040. The zero-order chi connectivity index (χ0) is 17.8. The normalized spacial score (nSPS) is 11.2. The summed E-state index contributed by atoms with van der Waals surface area (Å²) in [5, 5.41) is 34.4. The Balaban J connectivity index is 2.18. The first kappa shape index (κ1) is 16.3. The van der Waals surface area contributed by atoms with Crippen LogP contribution < -0.4 is 5.73 Å². The van der Waals surface area contributed by atoms with E-state index < -0.39 is 0 Å². The number of anilines is 1. The molecule has 0 saturated heterocycles. The van der Waals surface area contributed by atoms with E-state index in [1.54, 1.807) is 6.08 Å². The molecule has 1 aromatic heterocycles. The Morgan fingerprint density at radius 1 is 1.20 bits per heavy atom. The molecule has 0 aliphatic rings. The first-order chi connectivity index (χ1) is 12.2. The minimum Gasteiger partial charge on any atom is -0.394 e. The molecule has 3 rings (SSSR count). The lowest BCUT2D eigenvalue weighted by Crippen LogP contribution is -2.07. The van der Waals surface area contributed by atoms with Crippen LogP contribution in [0.1, 0.15) is 16.8 Å². The zero-order valence-corrected chi connectivity index (χ0v) is 13.3. The summed E-state index contributed by atoms with van der Waals surface area (Å²) in [6.07, 6.45) is 1.70. The van der Waals surface area contributed by atoms with E-state index in [1.807, 2.05) is 48.5 Å². The van der Waals surface area contributed by atoms with Gasteiger partial charge in [-0.15, -0.1) is 0 Å². The molecule has 6 heteroatoms. The lowest BCUT2D eigenvalue weighted by molar-refractivity contribution is 0.270. The maximum absolute atomic E-state index is 9.60. The lowest BCUT2D eigenvalue weighted by atomic mass is 10.0. The van der Waals surface area contributed by atoms with E-state index in [0.717, 1.165) is 16.3 Å². The van der Waals surface area contributed by atoms with Crippen molar-refractivity contribution in [1.82, 2.24) is 9.78 Å². The van der Waals surface area contributed by atoms with E-state index in [9.17, 15) is 10.5 Å². The summed E-state index contributed by atoms with van der Waals surface area (Å²) in [6, 6.07) is 17.8. The summed E-state index contributed by atoms with van der Waals surface area (Å²) < 4.78 is 1.34. The van der Waals surface area contributed by atoms with Crippen molar-refractivity contribution >= 4 is 28.2 Å². The number of benzene rings is 2. The van der Waals surface area contributed by atoms with Gasteiger partial charge in [0.15, 0.2) is 0 Å². The van der Waals surface area contributed by atoms with Gasteiger partial charge in [0, 0.05) is 0 Å². The topological polar surface area (TPSA) is 112 Å². The molecule has 0 radical (unpaired) electrons. The monoisotopic (exact) mass is 329 g/mol. The molecular weight excluding hydrogens is 314 g/mol. The van der Waals surface area contributed by atoms with Crippen molar-refractivity contribution in [2.24, 2.45) is 0 Å². The fourth-order valence-electron chi connectivity index (χ4n) is 2.72. The van der Waals surface area contributed by atoms with Gasteiger partial charge in [-0.1, -0.05) is 42.5 Å². The lowest BCUT2D eigenvalue weighted by Gasteiger charge is -2.03. The number of nitrogens with zero attached hydrogens (tertiary/aromatic N) is 4. The van der Waals surface area contributed by atoms with Gasteiger partial charge < -0.3 is 10.8 Å². The Hall–Kier alpha value is -3.61. The molecule has 122 valence electrons. The van der Waals surface area contributed by atoms with Gasteiger partial charge in [0.2, 0.25) is 0 Å². The number of aliphatic hydroxyl groups is 1. The number of allylic oxidation sites excluding steroid dienone is 1. The number of nitrogen functional groups attached to an aromatic ring is 1. The van der Waals surface area contributed by atoms with Gasteiger partial charge in [-0.25, -0.2) is 4.68 Å². The van der Waals surface area contributed by atoms with Crippen LogP contribution in [0, 0.1) is 22.7 Å². The van der Waals surface area contributed by atoms with Crippen molar-refractivity contribution < 1.29 is 5.11 Å². The number of nitrogens with two attached hydrogens (primary N) is 1. The van der Waals surface area contributed by atoms with Crippen LogP contribution in [0.25, 0.3) is 22.4 Å². The van der Waals surface area contributed by atoms with Crippen LogP contribution >= 0.6 is 0 Å². The average Bonchev–Trinajstić information content (AvgIpc) is 2.95. The molecule has 25 heavy (non-hydrogen) atoms. The molecule has 6 nitrogen and oxygen atoms in total. The van der Waals surface area contributed by atoms with E-state index in [0.29, 0.717) is 0 Å². The van der Waals surface area contributed by atoms with Gasteiger partial charge in [0.1, 0.15) is 29.2 Å². The van der Waals surface area contributed by atoms with Gasteiger partial charge in [-0.3, -0.25) is 0 Å². The highest BCUT2D eigenvalue weighted by Crippen LogP contribution is 2.27. The molecule has 0 aliphatic heterocycles. The molecule has 0 aliphatic carbocycles. The molecule has 0 unspecified atom stereocenters. The summed E-state index contributed by atoms with van der Waals surface area (Å²) in [5.41, 5.74) is 7.38. The minimum atomic E-state index is -0.162. The highest BCUT2D eigenvalue weighted by atomic mass is 16.3. The molecule has 3 N–H and O–H groups in total. The summed E-state index contributed by atoms with van der Waals surface area (Å²) >= 11 is 0. The third kappa shape index (κ3) is 2.94. The smallest absolute Gasteiger partial charge is 0.140 e. The van der Waals surface area contributed by atoms with Crippen molar-refractivity contribution in [2.75, 3.05) is 12.3 Å². The predicted molar refractivity (Wildman–Crippen MR) is 95.9 cm³/mol. The summed E-state index contributed by atoms with van der Waals surface area (Å²) in [4.78, 5) is 0.